The monoisotopic (exact) mass is 350 g/mol. The van der Waals surface area contributed by atoms with Crippen molar-refractivity contribution in [1.29, 1.82) is 5.26 Å². The van der Waals surface area contributed by atoms with Crippen LogP contribution in [-0.2, 0) is 16.1 Å². The van der Waals surface area contributed by atoms with Crippen LogP contribution in [0.3, 0.4) is 0 Å². The average Bonchev–Trinajstić information content (AvgIpc) is 2.93. The van der Waals surface area contributed by atoms with Gasteiger partial charge in [0.2, 0.25) is 0 Å². The number of carbonyl (C=O) groups excluding carboxylic acids is 2. The van der Waals surface area contributed by atoms with Crippen LogP contribution in [0.1, 0.15) is 34.5 Å². The fourth-order valence-corrected chi connectivity index (χ4v) is 2.94. The van der Waals surface area contributed by atoms with Gasteiger partial charge >= 0.3 is 5.97 Å². The van der Waals surface area contributed by atoms with Gasteiger partial charge in [0, 0.05) is 5.56 Å². The highest BCUT2D eigenvalue weighted by Gasteiger charge is 2.40. The maximum absolute atomic E-state index is 12.8. The first-order chi connectivity index (χ1) is 12.7. The van der Waals surface area contributed by atoms with Crippen LogP contribution in [0, 0.1) is 11.3 Å². The third-order valence-corrected chi connectivity index (χ3v) is 4.10. The Labute approximate surface area is 151 Å². The number of hydrogen-bond acceptors (Lipinski definition) is 5. The molecule has 2 aromatic carbocycles. The highest BCUT2D eigenvalue weighted by molar-refractivity contribution is 6.03. The quantitative estimate of drug-likeness (QED) is 0.749. The van der Waals surface area contributed by atoms with Gasteiger partial charge in [0.25, 0.3) is 5.91 Å². The number of ether oxygens (including phenoxy) is 2. The number of nitrogens with zero attached hydrogens (tertiary/aromatic N) is 2. The minimum absolute atomic E-state index is 0.219. The number of carbonyl (C=O) groups is 2. The first-order valence-electron chi connectivity index (χ1n) is 8.31. The van der Waals surface area contributed by atoms with E-state index in [2.05, 4.69) is 6.07 Å². The van der Waals surface area contributed by atoms with Crippen molar-refractivity contribution < 1.29 is 19.1 Å². The van der Waals surface area contributed by atoms with Crippen molar-refractivity contribution >= 4 is 11.9 Å². The Morgan fingerprint density at radius 3 is 2.65 bits per heavy atom. The second kappa shape index (κ2) is 7.70. The van der Waals surface area contributed by atoms with Crippen molar-refractivity contribution in [2.45, 2.75) is 19.6 Å². The third-order valence-electron chi connectivity index (χ3n) is 4.10. The summed E-state index contributed by atoms with van der Waals surface area (Å²) in [6.07, 6.45) is 0. The van der Waals surface area contributed by atoms with Crippen molar-refractivity contribution in [3.63, 3.8) is 0 Å². The number of rotatable bonds is 6. The normalized spacial score (nSPS) is 15.3. The van der Waals surface area contributed by atoms with Gasteiger partial charge < -0.3 is 14.4 Å². The van der Waals surface area contributed by atoms with Gasteiger partial charge in [0.15, 0.2) is 0 Å². The molecule has 0 aromatic heterocycles. The van der Waals surface area contributed by atoms with Gasteiger partial charge in [-0.15, -0.1) is 0 Å². The highest BCUT2D eigenvalue weighted by atomic mass is 16.5. The lowest BCUT2D eigenvalue weighted by molar-refractivity contribution is -0.144. The SMILES string of the molecule is CCOC(=O)CN1C(=O)c2c(OCc3ccccc3)cccc2C1C#N. The molecule has 0 radical (unpaired) electrons. The van der Waals surface area contributed by atoms with Gasteiger partial charge in [-0.25, -0.2) is 0 Å². The minimum Gasteiger partial charge on any atom is -0.488 e. The molecule has 6 heteroatoms. The van der Waals surface area contributed by atoms with E-state index in [9.17, 15) is 14.9 Å². The Hall–Kier alpha value is -3.33. The van der Waals surface area contributed by atoms with Crippen LogP contribution in [0.2, 0.25) is 0 Å². The summed E-state index contributed by atoms with van der Waals surface area (Å²) in [5.74, 6) is -0.535. The van der Waals surface area contributed by atoms with Crippen LogP contribution >= 0.6 is 0 Å². The van der Waals surface area contributed by atoms with Crippen LogP contribution in [0.25, 0.3) is 0 Å². The molecule has 0 aliphatic carbocycles. The highest BCUT2D eigenvalue weighted by Crippen LogP contribution is 2.38. The maximum Gasteiger partial charge on any atom is 0.325 e. The fraction of sp³-hybridized carbons (Fsp3) is 0.250. The van der Waals surface area contributed by atoms with Gasteiger partial charge in [0.05, 0.1) is 18.2 Å². The van der Waals surface area contributed by atoms with E-state index in [0.29, 0.717) is 23.5 Å². The van der Waals surface area contributed by atoms with Crippen molar-refractivity contribution in [3.05, 3.63) is 65.2 Å². The summed E-state index contributed by atoms with van der Waals surface area (Å²) in [7, 11) is 0. The molecule has 26 heavy (non-hydrogen) atoms. The Balaban J connectivity index is 1.85. The molecule has 0 spiro atoms. The van der Waals surface area contributed by atoms with Gasteiger partial charge in [0.1, 0.15) is 24.9 Å². The Morgan fingerprint density at radius 1 is 1.19 bits per heavy atom. The first kappa shape index (κ1) is 17.5. The van der Waals surface area contributed by atoms with E-state index >= 15 is 0 Å². The van der Waals surface area contributed by atoms with Crippen LogP contribution in [0.15, 0.2) is 48.5 Å². The number of nitriles is 1. The standard InChI is InChI=1S/C20H18N2O4/c1-2-25-18(23)12-22-16(11-21)15-9-6-10-17(19(15)20(22)24)26-13-14-7-4-3-5-8-14/h3-10,16H,2,12-13H2,1H3. The zero-order valence-corrected chi connectivity index (χ0v) is 14.3. The lowest BCUT2D eigenvalue weighted by Crippen LogP contribution is -2.33. The molecule has 2 aromatic rings. The minimum atomic E-state index is -0.831. The van der Waals surface area contributed by atoms with Gasteiger partial charge in [-0.05, 0) is 18.6 Å². The Morgan fingerprint density at radius 2 is 1.96 bits per heavy atom. The molecule has 0 saturated carbocycles. The number of benzene rings is 2. The van der Waals surface area contributed by atoms with E-state index in [1.807, 2.05) is 30.3 Å². The topological polar surface area (TPSA) is 79.6 Å². The molecule has 1 aliphatic heterocycles. The number of amides is 1. The van der Waals surface area contributed by atoms with Gasteiger partial charge in [-0.1, -0.05) is 42.5 Å². The molecule has 1 unspecified atom stereocenters. The average molecular weight is 350 g/mol. The number of fused-ring (bicyclic) bond motifs is 1. The molecule has 3 rings (SSSR count). The van der Waals surface area contributed by atoms with Crippen molar-refractivity contribution in [2.75, 3.05) is 13.2 Å². The second-order valence-corrected chi connectivity index (χ2v) is 5.76. The molecular weight excluding hydrogens is 332 g/mol. The van der Waals surface area contributed by atoms with Crippen LogP contribution in [-0.4, -0.2) is 29.9 Å². The fourth-order valence-electron chi connectivity index (χ4n) is 2.94. The molecule has 0 bridgehead atoms. The Kier molecular flexibility index (Phi) is 5.18. The lowest BCUT2D eigenvalue weighted by atomic mass is 10.0. The summed E-state index contributed by atoms with van der Waals surface area (Å²) in [5, 5.41) is 9.51. The molecule has 1 aliphatic rings. The van der Waals surface area contributed by atoms with E-state index in [1.54, 1.807) is 25.1 Å². The van der Waals surface area contributed by atoms with E-state index in [-0.39, 0.29) is 13.2 Å². The van der Waals surface area contributed by atoms with Gasteiger partial charge in [-0.3, -0.25) is 9.59 Å². The summed E-state index contributed by atoms with van der Waals surface area (Å²) in [6.45, 7) is 1.95. The largest absolute Gasteiger partial charge is 0.488 e. The van der Waals surface area contributed by atoms with Crippen LogP contribution in [0.4, 0.5) is 0 Å². The van der Waals surface area contributed by atoms with E-state index in [4.69, 9.17) is 9.47 Å². The number of hydrogen-bond donors (Lipinski definition) is 0. The summed E-state index contributed by atoms with van der Waals surface area (Å²) in [4.78, 5) is 25.8. The van der Waals surface area contributed by atoms with Crippen molar-refractivity contribution in [3.8, 4) is 11.8 Å². The maximum atomic E-state index is 12.8. The molecule has 1 amide bonds. The van der Waals surface area contributed by atoms with E-state index in [0.717, 1.165) is 5.56 Å². The van der Waals surface area contributed by atoms with E-state index < -0.39 is 17.9 Å². The third kappa shape index (κ3) is 3.38. The van der Waals surface area contributed by atoms with Crippen LogP contribution in [0.5, 0.6) is 5.75 Å². The van der Waals surface area contributed by atoms with E-state index in [1.165, 1.54) is 4.90 Å². The number of esters is 1. The molecule has 132 valence electrons. The molecule has 0 fully saturated rings. The first-order valence-corrected chi connectivity index (χ1v) is 8.31. The second-order valence-electron chi connectivity index (χ2n) is 5.76. The summed E-state index contributed by atoms with van der Waals surface area (Å²) in [5.41, 5.74) is 1.85. The predicted molar refractivity (Wildman–Crippen MR) is 93.2 cm³/mol. The van der Waals surface area contributed by atoms with Crippen molar-refractivity contribution in [1.82, 2.24) is 4.90 Å². The summed E-state index contributed by atoms with van der Waals surface area (Å²) in [6, 6.07) is 16.0. The Bertz CT molecular complexity index is 858. The molecule has 1 atom stereocenters. The molecule has 6 nitrogen and oxygen atoms in total. The molecule has 0 saturated heterocycles. The van der Waals surface area contributed by atoms with Gasteiger partial charge in [-0.2, -0.15) is 5.26 Å². The van der Waals surface area contributed by atoms with Crippen LogP contribution < -0.4 is 4.74 Å². The molecular formula is C20H18N2O4. The lowest BCUT2D eigenvalue weighted by Gasteiger charge is -2.18. The smallest absolute Gasteiger partial charge is 0.325 e. The van der Waals surface area contributed by atoms with Crippen molar-refractivity contribution in [2.24, 2.45) is 0 Å². The predicted octanol–water partition coefficient (Wildman–Crippen LogP) is 2.85. The molecule has 0 N–H and O–H groups in total. The zero-order chi connectivity index (χ0) is 18.5. The summed E-state index contributed by atoms with van der Waals surface area (Å²) >= 11 is 0. The summed E-state index contributed by atoms with van der Waals surface area (Å²) < 4.78 is 10.7. The zero-order valence-electron chi connectivity index (χ0n) is 14.3. The molecule has 1 heterocycles.